The number of rotatable bonds is 0. The fourth-order valence-electron chi connectivity index (χ4n) is 4.90. The van der Waals surface area contributed by atoms with Crippen molar-refractivity contribution in [3.8, 4) is 22.3 Å². The van der Waals surface area contributed by atoms with E-state index in [0.29, 0.717) is 0 Å². The molecule has 2 aliphatic rings. The first kappa shape index (κ1) is 20.4. The summed E-state index contributed by atoms with van der Waals surface area (Å²) in [5, 5.41) is 0. The predicted octanol–water partition coefficient (Wildman–Crippen LogP) is 8.35. The van der Waals surface area contributed by atoms with Crippen molar-refractivity contribution in [3.05, 3.63) is 82.9 Å². The van der Waals surface area contributed by atoms with Crippen molar-refractivity contribution in [1.82, 2.24) is 0 Å². The van der Waals surface area contributed by atoms with E-state index < -0.39 is 0 Å². The van der Waals surface area contributed by atoms with Crippen LogP contribution in [0.3, 0.4) is 0 Å². The lowest BCUT2D eigenvalue weighted by Gasteiger charge is -2.24. The van der Waals surface area contributed by atoms with E-state index >= 15 is 0 Å². The molecule has 5 rings (SSSR count). The van der Waals surface area contributed by atoms with Gasteiger partial charge in [-0.1, -0.05) is 104 Å². The molecule has 146 valence electrons. The van der Waals surface area contributed by atoms with Crippen molar-refractivity contribution in [3.63, 3.8) is 0 Å². The zero-order valence-corrected chi connectivity index (χ0v) is 18.8. The summed E-state index contributed by atoms with van der Waals surface area (Å²) in [5.41, 5.74) is 11.7. The Labute approximate surface area is 171 Å². The first-order chi connectivity index (χ1) is 13.4. The van der Waals surface area contributed by atoms with E-state index in [1.54, 1.807) is 0 Å². The lowest BCUT2D eigenvalue weighted by Crippen LogP contribution is -2.16. The van der Waals surface area contributed by atoms with Crippen molar-refractivity contribution in [2.75, 3.05) is 0 Å². The molecule has 0 aliphatic heterocycles. The summed E-state index contributed by atoms with van der Waals surface area (Å²) in [4.78, 5) is 0. The fraction of sp³-hybridized carbons (Fsp3) is 0.357. The lowest BCUT2D eigenvalue weighted by atomic mass is 9.79. The van der Waals surface area contributed by atoms with Crippen molar-refractivity contribution in [1.29, 1.82) is 0 Å². The molecule has 0 amide bonds. The maximum atomic E-state index is 2.47. The molecule has 0 atom stereocenters. The van der Waals surface area contributed by atoms with Crippen molar-refractivity contribution in [2.45, 2.75) is 66.2 Å². The van der Waals surface area contributed by atoms with Crippen molar-refractivity contribution < 1.29 is 0 Å². The van der Waals surface area contributed by atoms with E-state index in [4.69, 9.17) is 0 Å². The molecule has 3 aromatic carbocycles. The van der Waals surface area contributed by atoms with E-state index in [9.17, 15) is 0 Å². The van der Waals surface area contributed by atoms with Gasteiger partial charge in [-0.2, -0.15) is 0 Å². The van der Waals surface area contributed by atoms with E-state index in [2.05, 4.69) is 88.4 Å². The molecule has 0 N–H and O–H groups in total. The van der Waals surface area contributed by atoms with Gasteiger partial charge in [-0.15, -0.1) is 0 Å². The third-order valence-electron chi connectivity index (χ3n) is 6.29. The molecule has 0 saturated heterocycles. The highest BCUT2D eigenvalue weighted by Crippen LogP contribution is 2.55. The van der Waals surface area contributed by atoms with Crippen LogP contribution in [-0.4, -0.2) is 0 Å². The second kappa shape index (κ2) is 7.24. The normalized spacial score (nSPS) is 15.7. The molecule has 0 radical (unpaired) electrons. The molecular weight excluding hydrogens is 336 g/mol. The summed E-state index contributed by atoms with van der Waals surface area (Å²) in [6, 6.07) is 22.7. The van der Waals surface area contributed by atoms with Gasteiger partial charge in [-0.05, 0) is 56.6 Å². The Balaban J connectivity index is 0.000000531. The van der Waals surface area contributed by atoms with Crippen LogP contribution >= 0.6 is 0 Å². The predicted molar refractivity (Wildman–Crippen MR) is 124 cm³/mol. The van der Waals surface area contributed by atoms with Crippen LogP contribution in [0.15, 0.2) is 60.7 Å². The standard InChI is InChI=1S/C24H22.2C2H6/c1-23(2)19-11-7-5-9-15(19)17-14-22-18(13-21(17)23)16-10-6-8-12-20(16)24(22,3)4;2*1-2/h5-14H,1-4H3;2*1-2H3. The van der Waals surface area contributed by atoms with Gasteiger partial charge in [0, 0.05) is 10.8 Å². The molecule has 0 heterocycles. The van der Waals surface area contributed by atoms with Gasteiger partial charge in [0.05, 0.1) is 0 Å². The SMILES string of the molecule is CC.CC.CC1(C)c2ccccc2-c2cc3c(cc21)-c1ccccc1C3(C)C. The second-order valence-electron chi connectivity index (χ2n) is 8.28. The molecule has 0 unspecified atom stereocenters. The van der Waals surface area contributed by atoms with Gasteiger partial charge >= 0.3 is 0 Å². The number of fused-ring (bicyclic) bond motifs is 6. The quantitative estimate of drug-likeness (QED) is 0.373. The molecule has 3 aromatic rings. The van der Waals surface area contributed by atoms with Gasteiger partial charge in [0.2, 0.25) is 0 Å². The zero-order chi connectivity index (χ0) is 20.7. The van der Waals surface area contributed by atoms with Gasteiger partial charge in [-0.25, -0.2) is 0 Å². The average molecular weight is 371 g/mol. The van der Waals surface area contributed by atoms with E-state index in [1.165, 1.54) is 44.5 Å². The van der Waals surface area contributed by atoms with Crippen LogP contribution in [0.25, 0.3) is 22.3 Å². The van der Waals surface area contributed by atoms with Crippen molar-refractivity contribution in [2.24, 2.45) is 0 Å². The Morgan fingerprint density at radius 1 is 0.429 bits per heavy atom. The summed E-state index contributed by atoms with van der Waals surface area (Å²) in [7, 11) is 0. The average Bonchev–Trinajstić information content (AvgIpc) is 3.10. The number of benzene rings is 3. The van der Waals surface area contributed by atoms with Crippen LogP contribution in [0.4, 0.5) is 0 Å². The summed E-state index contributed by atoms with van der Waals surface area (Å²) in [6.07, 6.45) is 0. The van der Waals surface area contributed by atoms with Crippen LogP contribution in [0.1, 0.15) is 77.6 Å². The topological polar surface area (TPSA) is 0 Å². The van der Waals surface area contributed by atoms with Crippen LogP contribution < -0.4 is 0 Å². The van der Waals surface area contributed by atoms with Gasteiger partial charge in [0.1, 0.15) is 0 Å². The minimum Gasteiger partial charge on any atom is -0.0683 e. The number of hydrogen-bond donors (Lipinski definition) is 0. The highest BCUT2D eigenvalue weighted by Gasteiger charge is 2.41. The molecule has 0 heteroatoms. The maximum Gasteiger partial charge on any atom is 0.0159 e. The van der Waals surface area contributed by atoms with Crippen LogP contribution in [0, 0.1) is 0 Å². The summed E-state index contributed by atoms with van der Waals surface area (Å²) in [5.74, 6) is 0. The molecule has 0 spiro atoms. The second-order valence-corrected chi connectivity index (χ2v) is 8.28. The monoisotopic (exact) mass is 370 g/mol. The molecular formula is C28H34. The third kappa shape index (κ3) is 2.65. The van der Waals surface area contributed by atoms with E-state index in [0.717, 1.165) is 0 Å². The Bertz CT molecular complexity index is 919. The van der Waals surface area contributed by atoms with E-state index in [-0.39, 0.29) is 10.8 Å². The van der Waals surface area contributed by atoms with Crippen LogP contribution in [0.5, 0.6) is 0 Å². The smallest absolute Gasteiger partial charge is 0.0159 e. The fourth-order valence-corrected chi connectivity index (χ4v) is 4.90. The van der Waals surface area contributed by atoms with Gasteiger partial charge < -0.3 is 0 Å². The molecule has 2 aliphatic carbocycles. The molecule has 0 aromatic heterocycles. The Kier molecular flexibility index (Phi) is 5.28. The highest BCUT2D eigenvalue weighted by atomic mass is 14.4. The Morgan fingerprint density at radius 2 is 0.750 bits per heavy atom. The Morgan fingerprint density at radius 3 is 1.11 bits per heavy atom. The maximum absolute atomic E-state index is 2.47. The summed E-state index contributed by atoms with van der Waals surface area (Å²) in [6.45, 7) is 17.4. The minimum absolute atomic E-state index is 0.0721. The summed E-state index contributed by atoms with van der Waals surface area (Å²) >= 11 is 0. The number of hydrogen-bond acceptors (Lipinski definition) is 0. The highest BCUT2D eigenvalue weighted by molar-refractivity contribution is 5.89. The Hall–Kier alpha value is -2.34. The molecule has 0 fully saturated rings. The lowest BCUT2D eigenvalue weighted by molar-refractivity contribution is 0.652. The largest absolute Gasteiger partial charge is 0.0683 e. The van der Waals surface area contributed by atoms with Gasteiger partial charge in [0.25, 0.3) is 0 Å². The summed E-state index contributed by atoms with van der Waals surface area (Å²) < 4.78 is 0. The van der Waals surface area contributed by atoms with Gasteiger partial charge in [0.15, 0.2) is 0 Å². The van der Waals surface area contributed by atoms with Crippen LogP contribution in [-0.2, 0) is 10.8 Å². The first-order valence-corrected chi connectivity index (χ1v) is 10.8. The van der Waals surface area contributed by atoms with Crippen molar-refractivity contribution >= 4 is 0 Å². The zero-order valence-electron chi connectivity index (χ0n) is 18.8. The molecule has 0 nitrogen and oxygen atoms in total. The first-order valence-electron chi connectivity index (χ1n) is 10.8. The van der Waals surface area contributed by atoms with Gasteiger partial charge in [-0.3, -0.25) is 0 Å². The third-order valence-corrected chi connectivity index (χ3v) is 6.29. The molecule has 0 saturated carbocycles. The minimum atomic E-state index is 0.0721. The van der Waals surface area contributed by atoms with E-state index in [1.807, 2.05) is 27.7 Å². The molecule has 0 bridgehead atoms. The van der Waals surface area contributed by atoms with Crippen LogP contribution in [0.2, 0.25) is 0 Å². The molecule has 28 heavy (non-hydrogen) atoms.